The third-order valence-electron chi connectivity index (χ3n) is 4.68. The lowest BCUT2D eigenvalue weighted by atomic mass is 9.95. The SMILES string of the molecule is CCCSCC(=O)N1C[C@H]2CC[C@@H]1CN(C(=O)c1cnccn1)C2. The second-order valence-corrected chi connectivity index (χ2v) is 7.60. The third-order valence-corrected chi connectivity index (χ3v) is 5.83. The molecule has 24 heavy (non-hydrogen) atoms. The molecule has 2 amide bonds. The number of rotatable bonds is 5. The minimum absolute atomic E-state index is 0.0744. The fourth-order valence-electron chi connectivity index (χ4n) is 3.51. The largest absolute Gasteiger partial charge is 0.337 e. The monoisotopic (exact) mass is 348 g/mol. The molecule has 2 bridgehead atoms. The number of amides is 2. The van der Waals surface area contributed by atoms with Crippen molar-refractivity contribution >= 4 is 23.6 Å². The molecule has 2 atom stereocenters. The van der Waals surface area contributed by atoms with E-state index >= 15 is 0 Å². The topological polar surface area (TPSA) is 66.4 Å². The van der Waals surface area contributed by atoms with Gasteiger partial charge in [-0.15, -0.1) is 0 Å². The van der Waals surface area contributed by atoms with E-state index in [1.54, 1.807) is 24.2 Å². The molecule has 1 aromatic rings. The average Bonchev–Trinajstić information content (AvgIpc) is 2.94. The van der Waals surface area contributed by atoms with E-state index in [4.69, 9.17) is 0 Å². The molecule has 0 aliphatic carbocycles. The second-order valence-electron chi connectivity index (χ2n) is 6.50. The maximum Gasteiger partial charge on any atom is 0.274 e. The molecule has 130 valence electrons. The minimum atomic E-state index is -0.0744. The van der Waals surface area contributed by atoms with Gasteiger partial charge in [0, 0.05) is 38.1 Å². The molecule has 7 heteroatoms. The molecule has 3 fully saturated rings. The summed E-state index contributed by atoms with van der Waals surface area (Å²) in [6.45, 7) is 4.22. The van der Waals surface area contributed by atoms with Crippen molar-refractivity contribution < 1.29 is 9.59 Å². The van der Waals surface area contributed by atoms with E-state index < -0.39 is 0 Å². The number of thioether (sulfide) groups is 1. The smallest absolute Gasteiger partial charge is 0.274 e. The van der Waals surface area contributed by atoms with Gasteiger partial charge in [-0.1, -0.05) is 6.92 Å². The number of carbonyl (C=O) groups is 2. The van der Waals surface area contributed by atoms with E-state index in [9.17, 15) is 9.59 Å². The van der Waals surface area contributed by atoms with Gasteiger partial charge in [-0.2, -0.15) is 11.8 Å². The van der Waals surface area contributed by atoms with Crippen LogP contribution >= 0.6 is 11.8 Å². The molecular formula is C17H24N4O2S. The van der Waals surface area contributed by atoms with Crippen molar-refractivity contribution in [3.63, 3.8) is 0 Å². The van der Waals surface area contributed by atoms with E-state index in [1.807, 2.05) is 9.80 Å². The van der Waals surface area contributed by atoms with Crippen molar-refractivity contribution in [2.75, 3.05) is 31.1 Å². The van der Waals surface area contributed by atoms with Crippen LogP contribution in [-0.2, 0) is 4.79 Å². The molecule has 0 spiro atoms. The zero-order valence-electron chi connectivity index (χ0n) is 14.1. The molecule has 6 nitrogen and oxygen atoms in total. The Labute approximate surface area is 147 Å². The fraction of sp³-hybridized carbons (Fsp3) is 0.647. The van der Waals surface area contributed by atoms with Crippen LogP contribution in [0.15, 0.2) is 18.6 Å². The van der Waals surface area contributed by atoms with Crippen molar-refractivity contribution in [1.29, 1.82) is 0 Å². The summed E-state index contributed by atoms with van der Waals surface area (Å²) in [6, 6.07) is 0.138. The van der Waals surface area contributed by atoms with Crippen LogP contribution in [0.1, 0.15) is 36.7 Å². The van der Waals surface area contributed by atoms with Crippen molar-refractivity contribution in [2.45, 2.75) is 32.2 Å². The van der Waals surface area contributed by atoms with Crippen LogP contribution in [0.3, 0.4) is 0 Å². The Hall–Kier alpha value is -1.63. The summed E-state index contributed by atoms with van der Waals surface area (Å²) in [4.78, 5) is 37.2. The number of piperidine rings is 1. The van der Waals surface area contributed by atoms with Crippen LogP contribution in [0, 0.1) is 5.92 Å². The first kappa shape index (κ1) is 17.2. The maximum absolute atomic E-state index is 12.7. The Bertz CT molecular complexity index is 583. The number of hydrogen-bond donors (Lipinski definition) is 0. The van der Waals surface area contributed by atoms with Crippen LogP contribution in [0.2, 0.25) is 0 Å². The van der Waals surface area contributed by atoms with Gasteiger partial charge >= 0.3 is 0 Å². The highest BCUT2D eigenvalue weighted by Crippen LogP contribution is 2.29. The highest BCUT2D eigenvalue weighted by molar-refractivity contribution is 7.99. The molecule has 3 saturated heterocycles. The van der Waals surface area contributed by atoms with Crippen molar-refractivity contribution in [3.8, 4) is 0 Å². The second kappa shape index (κ2) is 7.96. The van der Waals surface area contributed by atoms with Gasteiger partial charge in [0.05, 0.1) is 11.9 Å². The Morgan fingerprint density at radius 3 is 2.88 bits per heavy atom. The van der Waals surface area contributed by atoms with Crippen molar-refractivity contribution in [1.82, 2.24) is 19.8 Å². The molecule has 1 aromatic heterocycles. The maximum atomic E-state index is 12.7. The first-order chi connectivity index (χ1) is 11.7. The molecule has 3 aliphatic rings. The van der Waals surface area contributed by atoms with Gasteiger partial charge in [0.15, 0.2) is 0 Å². The molecule has 0 aromatic carbocycles. The Morgan fingerprint density at radius 2 is 2.12 bits per heavy atom. The Balaban J connectivity index is 1.67. The molecule has 0 radical (unpaired) electrons. The van der Waals surface area contributed by atoms with Gasteiger partial charge < -0.3 is 9.80 Å². The summed E-state index contributed by atoms with van der Waals surface area (Å²) in [6.07, 6.45) is 7.78. The van der Waals surface area contributed by atoms with E-state index in [1.165, 1.54) is 6.20 Å². The van der Waals surface area contributed by atoms with Crippen LogP contribution in [0.4, 0.5) is 0 Å². The summed E-state index contributed by atoms with van der Waals surface area (Å²) < 4.78 is 0. The van der Waals surface area contributed by atoms with E-state index in [0.717, 1.165) is 31.6 Å². The van der Waals surface area contributed by atoms with E-state index in [-0.39, 0.29) is 17.9 Å². The molecule has 0 saturated carbocycles. The van der Waals surface area contributed by atoms with Crippen LogP contribution in [-0.4, -0.2) is 68.8 Å². The molecular weight excluding hydrogens is 324 g/mol. The van der Waals surface area contributed by atoms with E-state index in [0.29, 0.717) is 30.5 Å². The van der Waals surface area contributed by atoms with Crippen molar-refractivity contribution in [3.05, 3.63) is 24.3 Å². The predicted octanol–water partition coefficient (Wildman–Crippen LogP) is 1.68. The lowest BCUT2D eigenvalue weighted by Crippen LogP contribution is -2.48. The van der Waals surface area contributed by atoms with Gasteiger partial charge in [-0.3, -0.25) is 14.6 Å². The molecule has 0 unspecified atom stereocenters. The first-order valence-corrected chi connectivity index (χ1v) is 9.77. The number of nitrogens with zero attached hydrogens (tertiary/aromatic N) is 4. The lowest BCUT2D eigenvalue weighted by Gasteiger charge is -2.36. The summed E-state index contributed by atoms with van der Waals surface area (Å²) in [5.41, 5.74) is 0.384. The average molecular weight is 348 g/mol. The van der Waals surface area contributed by atoms with Crippen molar-refractivity contribution in [2.24, 2.45) is 5.92 Å². The molecule has 3 aliphatic heterocycles. The van der Waals surface area contributed by atoms with Crippen LogP contribution in [0.25, 0.3) is 0 Å². The van der Waals surface area contributed by atoms with Gasteiger partial charge in [-0.25, -0.2) is 4.98 Å². The highest BCUT2D eigenvalue weighted by Gasteiger charge is 2.38. The fourth-order valence-corrected chi connectivity index (χ4v) is 4.28. The molecule has 0 N–H and O–H groups in total. The summed E-state index contributed by atoms with van der Waals surface area (Å²) in [7, 11) is 0. The quantitative estimate of drug-likeness (QED) is 0.758. The lowest BCUT2D eigenvalue weighted by molar-refractivity contribution is -0.132. The van der Waals surface area contributed by atoms with Gasteiger partial charge in [0.1, 0.15) is 5.69 Å². The van der Waals surface area contributed by atoms with Crippen LogP contribution in [0.5, 0.6) is 0 Å². The van der Waals surface area contributed by atoms with Gasteiger partial charge in [0.25, 0.3) is 5.91 Å². The molecule has 4 rings (SSSR count). The van der Waals surface area contributed by atoms with Gasteiger partial charge in [0.2, 0.25) is 5.91 Å². The molecule has 4 heterocycles. The predicted molar refractivity (Wildman–Crippen MR) is 93.8 cm³/mol. The zero-order chi connectivity index (χ0) is 16.9. The Kier molecular flexibility index (Phi) is 5.71. The summed E-state index contributed by atoms with van der Waals surface area (Å²) >= 11 is 1.70. The zero-order valence-corrected chi connectivity index (χ0v) is 14.9. The normalized spacial score (nSPS) is 23.2. The van der Waals surface area contributed by atoms with Gasteiger partial charge in [-0.05, 0) is 30.9 Å². The summed E-state index contributed by atoms with van der Waals surface area (Å²) in [5, 5.41) is 0. The Morgan fingerprint density at radius 1 is 1.25 bits per heavy atom. The van der Waals surface area contributed by atoms with E-state index in [2.05, 4.69) is 16.9 Å². The first-order valence-electron chi connectivity index (χ1n) is 8.61. The number of carbonyl (C=O) groups excluding carboxylic acids is 2. The highest BCUT2D eigenvalue weighted by atomic mass is 32.2. The minimum Gasteiger partial charge on any atom is -0.337 e. The standard InChI is InChI=1S/C17H24N4O2S/c1-2-7-24-12-16(22)21-10-13-3-4-14(21)11-20(9-13)17(23)15-8-18-5-6-19-15/h5-6,8,13-14H,2-4,7,9-12H2,1H3/t13-,14+/m0/s1. The summed E-state index contributed by atoms with van der Waals surface area (Å²) in [5.74, 6) is 2.08. The number of aromatic nitrogens is 2. The number of hydrogen-bond acceptors (Lipinski definition) is 5. The third kappa shape index (κ3) is 3.88. The van der Waals surface area contributed by atoms with Crippen LogP contribution < -0.4 is 0 Å². The number of fused-ring (bicyclic) bond motifs is 4.